The zero-order valence-corrected chi connectivity index (χ0v) is 11.6. The van der Waals surface area contributed by atoms with Gasteiger partial charge < -0.3 is 14.6 Å². The lowest BCUT2D eigenvalue weighted by molar-refractivity contribution is -0.415. The van der Waals surface area contributed by atoms with Gasteiger partial charge in [0.1, 0.15) is 0 Å². The molecule has 4 nitrogen and oxygen atoms in total. The highest BCUT2D eigenvalue weighted by atomic mass is 19.3. The van der Waals surface area contributed by atoms with E-state index in [0.29, 0.717) is 6.42 Å². The Labute approximate surface area is 115 Å². The number of ether oxygens (including phenoxy) is 2. The third-order valence-corrected chi connectivity index (χ3v) is 4.95. The first-order valence-electron chi connectivity index (χ1n) is 6.76. The second-order valence-electron chi connectivity index (χ2n) is 6.31. The quantitative estimate of drug-likeness (QED) is 0.591. The van der Waals surface area contributed by atoms with E-state index in [1.807, 2.05) is 12.2 Å². The summed E-state index contributed by atoms with van der Waals surface area (Å²) in [6.07, 6.45) is 3.95. The van der Waals surface area contributed by atoms with Crippen molar-refractivity contribution in [3.8, 4) is 0 Å². The number of hydrogen-bond acceptors (Lipinski definition) is 4. The Morgan fingerprint density at radius 1 is 1.35 bits per heavy atom. The minimum atomic E-state index is -3.69. The van der Waals surface area contributed by atoms with Crippen molar-refractivity contribution in [2.75, 3.05) is 0 Å². The Hall–Kier alpha value is -1.01. The van der Waals surface area contributed by atoms with Crippen LogP contribution in [0.25, 0.3) is 0 Å². The molecule has 20 heavy (non-hydrogen) atoms. The highest BCUT2D eigenvalue weighted by molar-refractivity contribution is 5.67. The largest absolute Gasteiger partial charge is 0.452 e. The molecule has 3 aliphatic rings. The zero-order valence-electron chi connectivity index (χ0n) is 11.6. The summed E-state index contributed by atoms with van der Waals surface area (Å²) >= 11 is 0. The van der Waals surface area contributed by atoms with Gasteiger partial charge in [-0.3, -0.25) is 4.79 Å². The number of allylic oxidation sites excluding steroid dienone is 1. The molecule has 3 rings (SSSR count). The van der Waals surface area contributed by atoms with Gasteiger partial charge in [-0.25, -0.2) is 0 Å². The highest BCUT2D eigenvalue weighted by Gasteiger charge is 2.76. The maximum Gasteiger partial charge on any atom is 0.339 e. The first kappa shape index (κ1) is 13.9. The minimum absolute atomic E-state index is 0.0116. The van der Waals surface area contributed by atoms with Crippen molar-refractivity contribution in [2.45, 2.75) is 50.6 Å². The summed E-state index contributed by atoms with van der Waals surface area (Å²) in [6, 6.07) is 0. The van der Waals surface area contributed by atoms with Crippen molar-refractivity contribution in [1.29, 1.82) is 0 Å². The van der Waals surface area contributed by atoms with E-state index in [1.54, 1.807) is 0 Å². The van der Waals surface area contributed by atoms with Crippen LogP contribution in [0.3, 0.4) is 0 Å². The summed E-state index contributed by atoms with van der Waals surface area (Å²) in [4.78, 5) is 11.3. The van der Waals surface area contributed by atoms with Crippen LogP contribution in [0.1, 0.15) is 27.2 Å². The molecule has 1 saturated carbocycles. The van der Waals surface area contributed by atoms with Gasteiger partial charge in [0.2, 0.25) is 5.79 Å². The summed E-state index contributed by atoms with van der Waals surface area (Å²) in [6.45, 7) is 3.24. The van der Waals surface area contributed by atoms with Crippen LogP contribution in [0.15, 0.2) is 12.2 Å². The van der Waals surface area contributed by atoms with Crippen LogP contribution >= 0.6 is 0 Å². The monoisotopic (exact) mass is 288 g/mol. The van der Waals surface area contributed by atoms with Crippen molar-refractivity contribution in [3.05, 3.63) is 12.2 Å². The summed E-state index contributed by atoms with van der Waals surface area (Å²) in [5.41, 5.74) is -2.07. The molecule has 0 spiro atoms. The lowest BCUT2D eigenvalue weighted by Crippen LogP contribution is -2.73. The first-order valence-corrected chi connectivity index (χ1v) is 6.76. The van der Waals surface area contributed by atoms with Crippen molar-refractivity contribution in [2.24, 2.45) is 17.8 Å². The smallest absolute Gasteiger partial charge is 0.339 e. The molecular weight excluding hydrogens is 270 g/mol. The molecule has 0 radical (unpaired) electrons. The fraction of sp³-hybridized carbons (Fsp3) is 0.786. The van der Waals surface area contributed by atoms with Gasteiger partial charge in [-0.1, -0.05) is 12.2 Å². The number of aliphatic hydroxyl groups is 1. The third kappa shape index (κ3) is 1.49. The van der Waals surface area contributed by atoms with Gasteiger partial charge in [0, 0.05) is 18.8 Å². The fourth-order valence-corrected chi connectivity index (χ4v) is 4.10. The maximum atomic E-state index is 14.7. The minimum Gasteiger partial charge on any atom is -0.452 e. The molecule has 2 aliphatic carbocycles. The number of rotatable bonds is 1. The lowest BCUT2D eigenvalue weighted by Gasteiger charge is -2.55. The summed E-state index contributed by atoms with van der Waals surface area (Å²) in [5, 5.41) is 10.0. The van der Waals surface area contributed by atoms with E-state index in [1.165, 1.54) is 6.92 Å². The molecule has 112 valence electrons. The molecule has 1 saturated heterocycles. The first-order chi connectivity index (χ1) is 9.10. The van der Waals surface area contributed by atoms with E-state index < -0.39 is 35.3 Å². The standard InChI is InChI=1S/C14H18F2O4/c1-7(17)19-12(2)10-8-4-5-9(6-8)11(10)20-13(3,18)14(12,15)16/h4-5,8-11,18H,6H2,1-3H3. The number of fused-ring (bicyclic) bond motifs is 5. The van der Waals surface area contributed by atoms with Crippen LogP contribution in [0.2, 0.25) is 0 Å². The van der Waals surface area contributed by atoms with Crippen molar-refractivity contribution in [3.63, 3.8) is 0 Å². The van der Waals surface area contributed by atoms with Gasteiger partial charge in [-0.15, -0.1) is 0 Å². The Bertz CT molecular complexity index is 488. The predicted octanol–water partition coefficient (Wildman–Crippen LogP) is 1.87. The number of esters is 1. The molecule has 2 fully saturated rings. The van der Waals surface area contributed by atoms with Gasteiger partial charge in [-0.2, -0.15) is 8.78 Å². The molecule has 0 aromatic rings. The molecule has 1 N–H and O–H groups in total. The average Bonchev–Trinajstić information content (AvgIpc) is 2.85. The number of halogens is 2. The predicted molar refractivity (Wildman–Crippen MR) is 64.8 cm³/mol. The van der Waals surface area contributed by atoms with Crippen LogP contribution in [-0.4, -0.2) is 34.5 Å². The Kier molecular flexibility index (Phi) is 2.65. The topological polar surface area (TPSA) is 55.8 Å². The maximum absolute atomic E-state index is 14.7. The van der Waals surface area contributed by atoms with Gasteiger partial charge in [0.15, 0.2) is 5.60 Å². The highest BCUT2D eigenvalue weighted by Crippen LogP contribution is 2.61. The normalized spacial score (nSPS) is 51.9. The second kappa shape index (κ2) is 3.80. The molecule has 2 bridgehead atoms. The molecule has 0 aromatic heterocycles. The number of carbonyl (C=O) groups is 1. The van der Waals surface area contributed by atoms with E-state index in [0.717, 1.165) is 13.8 Å². The van der Waals surface area contributed by atoms with Crippen LogP contribution in [0.4, 0.5) is 8.78 Å². The molecule has 1 aliphatic heterocycles. The summed E-state index contributed by atoms with van der Waals surface area (Å²) < 4.78 is 39.7. The van der Waals surface area contributed by atoms with Gasteiger partial charge in [0.25, 0.3) is 0 Å². The van der Waals surface area contributed by atoms with E-state index in [4.69, 9.17) is 9.47 Å². The van der Waals surface area contributed by atoms with E-state index >= 15 is 0 Å². The average molecular weight is 288 g/mol. The SMILES string of the molecule is CC(=O)OC1(C)C2C3C=CC(C3)C2OC(C)(O)C1(F)F. The molecule has 6 unspecified atom stereocenters. The van der Waals surface area contributed by atoms with Crippen LogP contribution < -0.4 is 0 Å². The van der Waals surface area contributed by atoms with Gasteiger partial charge in [-0.05, 0) is 26.2 Å². The molecule has 1 heterocycles. The Morgan fingerprint density at radius 3 is 2.55 bits per heavy atom. The number of hydrogen-bond donors (Lipinski definition) is 1. The lowest BCUT2D eigenvalue weighted by atomic mass is 9.70. The summed E-state index contributed by atoms with van der Waals surface area (Å²) in [5.74, 6) is -7.90. The molecule has 0 amide bonds. The zero-order chi connectivity index (χ0) is 14.9. The van der Waals surface area contributed by atoms with Crippen molar-refractivity contribution >= 4 is 5.97 Å². The third-order valence-electron chi connectivity index (χ3n) is 4.95. The molecule has 0 aromatic carbocycles. The Balaban J connectivity index is 2.10. The van der Waals surface area contributed by atoms with Crippen LogP contribution in [-0.2, 0) is 14.3 Å². The van der Waals surface area contributed by atoms with E-state index in [2.05, 4.69) is 0 Å². The van der Waals surface area contributed by atoms with E-state index in [-0.39, 0.29) is 11.8 Å². The fourth-order valence-electron chi connectivity index (χ4n) is 4.10. The van der Waals surface area contributed by atoms with Crippen LogP contribution in [0, 0.1) is 17.8 Å². The number of alkyl halides is 2. The summed E-state index contributed by atoms with van der Waals surface area (Å²) in [7, 11) is 0. The van der Waals surface area contributed by atoms with Gasteiger partial charge in [0.05, 0.1) is 6.10 Å². The van der Waals surface area contributed by atoms with Crippen molar-refractivity contribution in [1.82, 2.24) is 0 Å². The molecule has 6 atom stereocenters. The van der Waals surface area contributed by atoms with Crippen molar-refractivity contribution < 1.29 is 28.2 Å². The van der Waals surface area contributed by atoms with Gasteiger partial charge >= 0.3 is 11.9 Å². The van der Waals surface area contributed by atoms with E-state index in [9.17, 15) is 18.7 Å². The van der Waals surface area contributed by atoms with Crippen LogP contribution in [0.5, 0.6) is 0 Å². The second-order valence-corrected chi connectivity index (χ2v) is 6.31. The number of carbonyl (C=O) groups excluding carboxylic acids is 1. The molecule has 6 heteroatoms. The Morgan fingerprint density at radius 2 is 1.95 bits per heavy atom. The molecular formula is C14H18F2O4.